The highest BCUT2D eigenvalue weighted by Gasteiger charge is 2.73. The van der Waals surface area contributed by atoms with Crippen molar-refractivity contribution in [3.05, 3.63) is 59.7 Å². The van der Waals surface area contributed by atoms with Crippen molar-refractivity contribution in [1.29, 1.82) is 0 Å². The first-order chi connectivity index (χ1) is 27.4. The number of fused-ring (bicyclic) bond motifs is 6. The Bertz CT molecular complexity index is 2020. The van der Waals surface area contributed by atoms with Crippen LogP contribution in [0.15, 0.2) is 48.5 Å². The van der Waals surface area contributed by atoms with E-state index in [1.165, 1.54) is 104 Å². The minimum Gasteiger partial charge on any atom is -0.393 e. The second kappa shape index (κ2) is 13.5. The van der Waals surface area contributed by atoms with Gasteiger partial charge in [0.25, 0.3) is 0 Å². The van der Waals surface area contributed by atoms with Gasteiger partial charge in [-0.25, -0.2) is 0 Å². The van der Waals surface area contributed by atoms with Crippen molar-refractivity contribution in [2.45, 2.75) is 161 Å². The van der Waals surface area contributed by atoms with Crippen molar-refractivity contribution in [1.82, 2.24) is 4.90 Å². The van der Waals surface area contributed by atoms with E-state index < -0.39 is 5.60 Å². The normalized spacial score (nSPS) is 46.5. The molecule has 0 amide bonds. The van der Waals surface area contributed by atoms with E-state index in [9.17, 15) is 15.3 Å². The molecule has 2 heterocycles. The zero-order chi connectivity index (χ0) is 39.1. The Labute approximate surface area is 343 Å². The zero-order valence-electron chi connectivity index (χ0n) is 35.8. The van der Waals surface area contributed by atoms with Crippen molar-refractivity contribution in [3.8, 4) is 0 Å². The van der Waals surface area contributed by atoms with E-state index in [0.717, 1.165) is 51.0 Å². The van der Waals surface area contributed by atoms with Gasteiger partial charge in [0, 0.05) is 19.1 Å². The number of benzene rings is 3. The second-order valence-corrected chi connectivity index (χ2v) is 23.2. The summed E-state index contributed by atoms with van der Waals surface area (Å²) in [4.78, 5) is 2.75. The van der Waals surface area contributed by atoms with Gasteiger partial charge in [0.05, 0.1) is 17.8 Å². The van der Waals surface area contributed by atoms with Crippen molar-refractivity contribution in [3.63, 3.8) is 0 Å². The van der Waals surface area contributed by atoms with Crippen LogP contribution in [0, 0.1) is 69.5 Å². The molecule has 2 saturated heterocycles. The van der Waals surface area contributed by atoms with Gasteiger partial charge in [0.2, 0.25) is 0 Å². The van der Waals surface area contributed by atoms with Crippen LogP contribution in [0.4, 0.5) is 0 Å². The highest BCUT2D eigenvalue weighted by molar-refractivity contribution is 5.98. The second-order valence-electron chi connectivity index (χ2n) is 23.2. The Morgan fingerprint density at radius 2 is 1.49 bits per heavy atom. The lowest BCUT2D eigenvalue weighted by molar-refractivity contribution is -0.231. The predicted molar refractivity (Wildman–Crippen MR) is 232 cm³/mol. The molecule has 4 nitrogen and oxygen atoms in total. The summed E-state index contributed by atoms with van der Waals surface area (Å²) in [7, 11) is 0. The van der Waals surface area contributed by atoms with Crippen LogP contribution in [0.2, 0.25) is 0 Å². The van der Waals surface area contributed by atoms with Crippen LogP contribution in [0.1, 0.15) is 135 Å². The molecular formula is C53H73NO3. The largest absolute Gasteiger partial charge is 0.393 e. The third-order valence-electron chi connectivity index (χ3n) is 20.0. The molecule has 3 aromatic rings. The van der Waals surface area contributed by atoms with E-state index in [-0.39, 0.29) is 34.4 Å². The summed E-state index contributed by atoms with van der Waals surface area (Å²) in [6.07, 6.45) is 19.5. The molecule has 2 aliphatic heterocycles. The fourth-order valence-electron chi connectivity index (χ4n) is 17.9. The van der Waals surface area contributed by atoms with Gasteiger partial charge < -0.3 is 15.3 Å². The number of aliphatic hydroxyl groups is 3. The summed E-state index contributed by atoms with van der Waals surface area (Å²) in [5.74, 6) is 5.32. The standard InChI is InChI=1S/C53H73NO3/c1-32(2)20-38-24-40-22-36-9-6-5-8-35(36)21-39(40)23-37(38)12-11-34-16-19-51(27-34)31-53-18-7-17-52(28-46(55)45(53)26-49(51)56)44-14-13-43-42(41(44)25-47(52)53)30-54-29-33(3)10-15-48(54)50(43,4)57/h5-6,8-9,21-24,32-34,41-49,55-57H,7,10-20,25-31H2,1-4H3/t33-,34-,41-,42+,43-,44+,45-,46+,47-,48-,49-,50+,51+,52-,53-/m1/s1. The molecule has 11 rings (SSSR count). The number of nitrogens with zero attached hydrogens (tertiary/aromatic N) is 1. The first kappa shape index (κ1) is 38.0. The molecule has 0 unspecified atom stereocenters. The summed E-state index contributed by atoms with van der Waals surface area (Å²) in [5.41, 5.74) is 2.92. The predicted octanol–water partition coefficient (Wildman–Crippen LogP) is 10.7. The lowest BCUT2D eigenvalue weighted by atomic mass is 9.38. The first-order valence-corrected chi connectivity index (χ1v) is 24.2. The van der Waals surface area contributed by atoms with Crippen LogP contribution >= 0.6 is 0 Å². The maximum atomic E-state index is 12.4. The number of rotatable bonds is 5. The van der Waals surface area contributed by atoms with Crippen LogP contribution in [-0.2, 0) is 12.8 Å². The van der Waals surface area contributed by atoms with Gasteiger partial charge >= 0.3 is 0 Å². The van der Waals surface area contributed by atoms with Gasteiger partial charge in [0.15, 0.2) is 0 Å². The molecule has 3 aromatic carbocycles. The smallest absolute Gasteiger partial charge is 0.0805 e. The quantitative estimate of drug-likeness (QED) is 0.226. The highest BCUT2D eigenvalue weighted by Crippen LogP contribution is 2.78. The van der Waals surface area contributed by atoms with Gasteiger partial charge in [-0.05, 0) is 224 Å². The third kappa shape index (κ3) is 5.71. The van der Waals surface area contributed by atoms with Crippen LogP contribution in [0.5, 0.6) is 0 Å². The molecule has 8 aliphatic rings. The number of piperidine rings is 2. The van der Waals surface area contributed by atoms with E-state index in [0.29, 0.717) is 47.5 Å². The monoisotopic (exact) mass is 772 g/mol. The Morgan fingerprint density at radius 3 is 2.26 bits per heavy atom. The SMILES string of the molecule is CC(C)Cc1cc2cc3ccccc3cc2cc1CC[C@@H]1CC[C@]2(C1)C[C@]13CCC[C@]4(C[C@H](O)[C@H]1C[C@H]2O)[C@H]3C[C@@H]1[C@@H]2CN3C[C@H](C)CC[C@@H]3[C@@](C)(O)[C@@H]2CC[C@@H]14. The molecule has 15 atom stereocenters. The minimum atomic E-state index is -0.594. The molecule has 3 N–H and O–H groups in total. The molecule has 8 fully saturated rings. The summed E-state index contributed by atoms with van der Waals surface area (Å²) >= 11 is 0. The van der Waals surface area contributed by atoms with Crippen LogP contribution in [-0.4, -0.2) is 57.2 Å². The van der Waals surface area contributed by atoms with Crippen molar-refractivity contribution in [2.24, 2.45) is 69.5 Å². The molecule has 2 spiro atoms. The maximum Gasteiger partial charge on any atom is 0.0805 e. The molecular weight excluding hydrogens is 699 g/mol. The van der Waals surface area contributed by atoms with Crippen molar-refractivity contribution < 1.29 is 15.3 Å². The van der Waals surface area contributed by atoms with Gasteiger partial charge in [-0.1, -0.05) is 63.6 Å². The average molecular weight is 772 g/mol. The molecule has 308 valence electrons. The van der Waals surface area contributed by atoms with Gasteiger partial charge in [-0.15, -0.1) is 0 Å². The molecule has 6 aliphatic carbocycles. The number of hydrogen-bond donors (Lipinski definition) is 3. The molecule has 0 radical (unpaired) electrons. The lowest BCUT2D eigenvalue weighted by Gasteiger charge is -2.68. The number of aliphatic hydroxyl groups excluding tert-OH is 2. The molecule has 4 heteroatoms. The van der Waals surface area contributed by atoms with E-state index in [1.807, 2.05) is 0 Å². The molecule has 6 saturated carbocycles. The third-order valence-corrected chi connectivity index (χ3v) is 20.0. The van der Waals surface area contributed by atoms with E-state index in [4.69, 9.17) is 0 Å². The fourth-order valence-corrected chi connectivity index (χ4v) is 17.9. The van der Waals surface area contributed by atoms with Gasteiger partial charge in [-0.2, -0.15) is 0 Å². The average Bonchev–Trinajstić information content (AvgIpc) is 3.74. The van der Waals surface area contributed by atoms with E-state index in [2.05, 4.69) is 81.1 Å². The van der Waals surface area contributed by atoms with Crippen LogP contribution < -0.4 is 0 Å². The number of aryl methyl sites for hydroxylation is 1. The summed E-state index contributed by atoms with van der Waals surface area (Å²) < 4.78 is 0. The Balaban J connectivity index is 0.863. The summed E-state index contributed by atoms with van der Waals surface area (Å²) in [6.45, 7) is 11.7. The highest BCUT2D eigenvalue weighted by atomic mass is 16.3. The summed E-state index contributed by atoms with van der Waals surface area (Å²) in [5, 5.41) is 42.4. The zero-order valence-corrected chi connectivity index (χ0v) is 35.8. The van der Waals surface area contributed by atoms with Crippen molar-refractivity contribution >= 4 is 21.5 Å². The first-order valence-electron chi connectivity index (χ1n) is 24.2. The number of hydrogen-bond acceptors (Lipinski definition) is 4. The molecule has 57 heavy (non-hydrogen) atoms. The minimum absolute atomic E-state index is 0.00629. The van der Waals surface area contributed by atoms with Gasteiger partial charge in [-0.3, -0.25) is 4.90 Å². The Hall–Kier alpha value is -1.98. The fraction of sp³-hybridized carbons (Fsp3) is 0.736. The van der Waals surface area contributed by atoms with E-state index in [1.54, 1.807) is 5.56 Å². The Kier molecular flexibility index (Phi) is 9.00. The lowest BCUT2D eigenvalue weighted by Crippen LogP contribution is -2.67. The van der Waals surface area contributed by atoms with Gasteiger partial charge in [0.1, 0.15) is 0 Å². The van der Waals surface area contributed by atoms with Crippen molar-refractivity contribution in [2.75, 3.05) is 13.1 Å². The van der Waals surface area contributed by atoms with Crippen LogP contribution in [0.3, 0.4) is 0 Å². The maximum absolute atomic E-state index is 12.4. The summed E-state index contributed by atoms with van der Waals surface area (Å²) in [6, 6.07) is 18.9. The topological polar surface area (TPSA) is 63.9 Å². The van der Waals surface area contributed by atoms with E-state index >= 15 is 0 Å². The van der Waals surface area contributed by atoms with Crippen LogP contribution in [0.25, 0.3) is 21.5 Å². The molecule has 0 aromatic heterocycles. The molecule has 2 bridgehead atoms. The Morgan fingerprint density at radius 1 is 0.754 bits per heavy atom.